The molecule has 0 saturated carbocycles. The third-order valence-electron chi connectivity index (χ3n) is 4.94. The Morgan fingerprint density at radius 3 is 2.38 bits per heavy atom. The zero-order valence-electron chi connectivity index (χ0n) is 17.8. The van der Waals surface area contributed by atoms with Gasteiger partial charge in [-0.05, 0) is 55.3 Å². The molecule has 3 aromatic carbocycles. The maximum atomic E-state index is 12.9. The second kappa shape index (κ2) is 9.17. The number of halogens is 2. The van der Waals surface area contributed by atoms with Crippen LogP contribution in [0, 0.1) is 24.0 Å². The number of hydrogen-bond acceptors (Lipinski definition) is 7. The topological polar surface area (TPSA) is 109 Å². The Labute approximate surface area is 202 Å². The Morgan fingerprint density at radius 2 is 1.71 bits per heavy atom. The average molecular weight is 500 g/mol. The van der Waals surface area contributed by atoms with Crippen LogP contribution in [-0.2, 0) is 0 Å². The van der Waals surface area contributed by atoms with E-state index in [2.05, 4.69) is 0 Å². The highest BCUT2D eigenvalue weighted by Crippen LogP contribution is 2.30. The molecule has 4 aromatic rings. The van der Waals surface area contributed by atoms with Gasteiger partial charge in [0.25, 0.3) is 5.69 Å². The predicted molar refractivity (Wildman–Crippen MR) is 127 cm³/mol. The standard InChI is InChI=1S/C24H15Cl2NO7/c1-12-7-16(8-13(2)22(12)26)33-21-11-32-20-10-15(4-5-17(20)23(21)28)34-24(29)18-9-14(27(30)31)3-6-19(18)25/h3-11H,1-2H3. The molecule has 0 spiro atoms. The zero-order chi connectivity index (χ0) is 24.6. The Kier molecular flexibility index (Phi) is 6.28. The lowest BCUT2D eigenvalue weighted by Crippen LogP contribution is -2.10. The Balaban J connectivity index is 1.61. The molecule has 4 rings (SSSR count). The number of aryl methyl sites for hydroxylation is 2. The number of nitro groups is 1. The van der Waals surface area contributed by atoms with E-state index in [1.165, 1.54) is 30.3 Å². The van der Waals surface area contributed by atoms with Crippen LogP contribution in [0.25, 0.3) is 11.0 Å². The number of nitro benzene ring substituents is 1. The molecule has 1 heterocycles. The van der Waals surface area contributed by atoms with E-state index >= 15 is 0 Å². The lowest BCUT2D eigenvalue weighted by atomic mass is 10.1. The van der Waals surface area contributed by atoms with Gasteiger partial charge in [-0.3, -0.25) is 14.9 Å². The van der Waals surface area contributed by atoms with Crippen molar-refractivity contribution in [2.45, 2.75) is 13.8 Å². The molecule has 172 valence electrons. The summed E-state index contributed by atoms with van der Waals surface area (Å²) in [6.07, 6.45) is 1.16. The molecular formula is C24H15Cl2NO7. The lowest BCUT2D eigenvalue weighted by Gasteiger charge is -2.10. The van der Waals surface area contributed by atoms with E-state index in [1.54, 1.807) is 12.1 Å². The van der Waals surface area contributed by atoms with Crippen molar-refractivity contribution in [3.8, 4) is 17.2 Å². The van der Waals surface area contributed by atoms with Crippen molar-refractivity contribution in [3.05, 3.63) is 102 Å². The van der Waals surface area contributed by atoms with Crippen molar-refractivity contribution in [1.82, 2.24) is 0 Å². The maximum absolute atomic E-state index is 12.9. The number of fused-ring (bicyclic) bond motifs is 1. The van der Waals surface area contributed by atoms with Crippen molar-refractivity contribution >= 4 is 45.8 Å². The third-order valence-corrected chi connectivity index (χ3v) is 5.87. The monoisotopic (exact) mass is 499 g/mol. The number of carbonyl (C=O) groups is 1. The fourth-order valence-corrected chi connectivity index (χ4v) is 3.57. The van der Waals surface area contributed by atoms with Crippen LogP contribution in [0.1, 0.15) is 21.5 Å². The summed E-state index contributed by atoms with van der Waals surface area (Å²) < 4.78 is 16.5. The summed E-state index contributed by atoms with van der Waals surface area (Å²) >= 11 is 12.2. The fourth-order valence-electron chi connectivity index (χ4n) is 3.26. The second-order valence-electron chi connectivity index (χ2n) is 7.37. The molecule has 8 nitrogen and oxygen atoms in total. The molecule has 0 aliphatic carbocycles. The quantitative estimate of drug-likeness (QED) is 0.131. The van der Waals surface area contributed by atoms with E-state index < -0.39 is 16.3 Å². The lowest BCUT2D eigenvalue weighted by molar-refractivity contribution is -0.384. The predicted octanol–water partition coefficient (Wildman–Crippen LogP) is 6.64. The molecule has 34 heavy (non-hydrogen) atoms. The molecule has 10 heteroatoms. The number of hydrogen-bond donors (Lipinski definition) is 0. The molecule has 0 fully saturated rings. The number of rotatable bonds is 5. The van der Waals surface area contributed by atoms with Crippen LogP contribution < -0.4 is 14.9 Å². The number of carbonyl (C=O) groups excluding carboxylic acids is 1. The summed E-state index contributed by atoms with van der Waals surface area (Å²) in [5, 5.41) is 11.8. The van der Waals surface area contributed by atoms with Crippen molar-refractivity contribution < 1.29 is 23.6 Å². The molecule has 0 unspecified atom stereocenters. The second-order valence-corrected chi connectivity index (χ2v) is 8.16. The zero-order valence-corrected chi connectivity index (χ0v) is 19.3. The number of ether oxygens (including phenoxy) is 2. The Bertz CT molecular complexity index is 1510. The smallest absolute Gasteiger partial charge is 0.345 e. The van der Waals surface area contributed by atoms with Gasteiger partial charge in [0, 0.05) is 23.2 Å². The van der Waals surface area contributed by atoms with E-state index in [0.717, 1.165) is 23.5 Å². The first kappa shape index (κ1) is 23.3. The summed E-state index contributed by atoms with van der Waals surface area (Å²) in [6, 6.07) is 11.0. The molecule has 0 aliphatic heterocycles. The minimum absolute atomic E-state index is 0.00242. The summed E-state index contributed by atoms with van der Waals surface area (Å²) in [5.41, 5.74) is 0.853. The summed E-state index contributed by atoms with van der Waals surface area (Å²) in [5.74, 6) is -0.433. The molecular weight excluding hydrogens is 485 g/mol. The van der Waals surface area contributed by atoms with Crippen LogP contribution in [0.15, 0.2) is 64.0 Å². The summed E-state index contributed by atoms with van der Waals surface area (Å²) in [4.78, 5) is 35.7. The van der Waals surface area contributed by atoms with Crippen molar-refractivity contribution in [1.29, 1.82) is 0 Å². The van der Waals surface area contributed by atoms with E-state index in [-0.39, 0.29) is 38.7 Å². The molecule has 0 atom stereocenters. The number of esters is 1. The fraction of sp³-hybridized carbons (Fsp3) is 0.0833. The van der Waals surface area contributed by atoms with Gasteiger partial charge in [0.1, 0.15) is 23.3 Å². The Morgan fingerprint density at radius 1 is 1.00 bits per heavy atom. The van der Waals surface area contributed by atoms with Gasteiger partial charge in [-0.15, -0.1) is 0 Å². The van der Waals surface area contributed by atoms with Crippen LogP contribution in [0.3, 0.4) is 0 Å². The van der Waals surface area contributed by atoms with Crippen LogP contribution in [0.2, 0.25) is 10.0 Å². The molecule has 1 aromatic heterocycles. The van der Waals surface area contributed by atoms with Gasteiger partial charge in [-0.1, -0.05) is 23.2 Å². The highest BCUT2D eigenvalue weighted by Gasteiger charge is 2.19. The first-order valence-electron chi connectivity index (χ1n) is 9.80. The van der Waals surface area contributed by atoms with Gasteiger partial charge in [0.2, 0.25) is 11.2 Å². The SMILES string of the molecule is Cc1cc(Oc2coc3cc(OC(=O)c4cc([N+](=O)[O-])ccc4Cl)ccc3c2=O)cc(C)c1Cl. The molecule has 0 saturated heterocycles. The maximum Gasteiger partial charge on any atom is 0.345 e. The molecule has 0 amide bonds. The van der Waals surface area contributed by atoms with E-state index in [0.29, 0.717) is 10.8 Å². The minimum atomic E-state index is -0.899. The largest absolute Gasteiger partial charge is 0.460 e. The summed E-state index contributed by atoms with van der Waals surface area (Å²) in [7, 11) is 0. The molecule has 0 N–H and O–H groups in total. The van der Waals surface area contributed by atoms with E-state index in [9.17, 15) is 19.7 Å². The minimum Gasteiger partial charge on any atom is -0.460 e. The normalized spacial score (nSPS) is 10.8. The van der Waals surface area contributed by atoms with Crippen LogP contribution >= 0.6 is 23.2 Å². The number of non-ortho nitro benzene ring substituents is 1. The highest BCUT2D eigenvalue weighted by atomic mass is 35.5. The highest BCUT2D eigenvalue weighted by molar-refractivity contribution is 6.33. The summed E-state index contributed by atoms with van der Waals surface area (Å²) in [6.45, 7) is 3.66. The van der Waals surface area contributed by atoms with E-state index in [4.69, 9.17) is 37.1 Å². The first-order chi connectivity index (χ1) is 16.1. The van der Waals surface area contributed by atoms with Crippen molar-refractivity contribution in [2.75, 3.05) is 0 Å². The third kappa shape index (κ3) is 4.59. The van der Waals surface area contributed by atoms with Crippen LogP contribution in [-0.4, -0.2) is 10.9 Å². The molecule has 0 aliphatic rings. The van der Waals surface area contributed by atoms with Gasteiger partial charge in [0.15, 0.2) is 0 Å². The van der Waals surface area contributed by atoms with Gasteiger partial charge >= 0.3 is 5.97 Å². The van der Waals surface area contributed by atoms with E-state index in [1.807, 2.05) is 13.8 Å². The van der Waals surface area contributed by atoms with Gasteiger partial charge in [-0.2, -0.15) is 0 Å². The average Bonchev–Trinajstić information content (AvgIpc) is 2.79. The van der Waals surface area contributed by atoms with Crippen molar-refractivity contribution in [2.24, 2.45) is 0 Å². The van der Waals surface area contributed by atoms with Crippen molar-refractivity contribution in [3.63, 3.8) is 0 Å². The Hall–Kier alpha value is -3.88. The number of nitrogens with zero attached hydrogens (tertiary/aromatic N) is 1. The molecule has 0 radical (unpaired) electrons. The van der Waals surface area contributed by atoms with Gasteiger partial charge in [0.05, 0.1) is 20.9 Å². The van der Waals surface area contributed by atoms with Gasteiger partial charge in [-0.25, -0.2) is 4.79 Å². The van der Waals surface area contributed by atoms with Crippen LogP contribution in [0.4, 0.5) is 5.69 Å². The first-order valence-corrected chi connectivity index (χ1v) is 10.6. The number of benzene rings is 3. The van der Waals surface area contributed by atoms with Gasteiger partial charge < -0.3 is 13.9 Å². The van der Waals surface area contributed by atoms with Crippen LogP contribution in [0.5, 0.6) is 17.2 Å². The molecule has 0 bridgehead atoms.